The van der Waals surface area contributed by atoms with Crippen molar-refractivity contribution in [2.75, 3.05) is 14.1 Å². The van der Waals surface area contributed by atoms with Gasteiger partial charge in [0, 0.05) is 37.9 Å². The van der Waals surface area contributed by atoms with Crippen LogP contribution in [0.2, 0.25) is 0 Å². The predicted octanol–water partition coefficient (Wildman–Crippen LogP) is 0.457. The zero-order valence-electron chi connectivity index (χ0n) is 14.8. The van der Waals surface area contributed by atoms with Gasteiger partial charge in [-0.1, -0.05) is 12.5 Å². The van der Waals surface area contributed by atoms with E-state index in [-0.39, 0.29) is 17.5 Å². The Morgan fingerprint density at radius 1 is 1.12 bits per heavy atom. The zero-order valence-corrected chi connectivity index (χ0v) is 16.5. The Labute approximate surface area is 160 Å². The molecule has 1 heterocycles. The van der Waals surface area contributed by atoms with E-state index in [1.807, 2.05) is 12.3 Å². The Morgan fingerprint density at radius 2 is 1.76 bits per heavy atom. The molecule has 138 valence electrons. The average Bonchev–Trinajstić information content (AvgIpc) is 2.61. The Bertz CT molecular complexity index is 577. The molecule has 1 fully saturated rings. The first-order valence-corrected chi connectivity index (χ1v) is 9.22. The van der Waals surface area contributed by atoms with Crippen molar-refractivity contribution >= 4 is 34.7 Å². The number of aromatic nitrogens is 1. The van der Waals surface area contributed by atoms with Gasteiger partial charge >= 0.3 is 0 Å². The van der Waals surface area contributed by atoms with E-state index in [1.54, 1.807) is 20.3 Å². The Kier molecular flexibility index (Phi) is 7.30. The minimum atomic E-state index is -0.0139. The molecule has 0 spiro atoms. The summed E-state index contributed by atoms with van der Waals surface area (Å²) >= 11 is 10.4. The number of hydrogen-bond acceptors (Lipinski definition) is 5. The molecule has 2 unspecified atom stereocenters. The van der Waals surface area contributed by atoms with Gasteiger partial charge in [0.25, 0.3) is 0 Å². The number of hydrazine groups is 2. The van der Waals surface area contributed by atoms with Crippen LogP contribution in [0.5, 0.6) is 0 Å². The van der Waals surface area contributed by atoms with Crippen LogP contribution in [0.1, 0.15) is 31.7 Å². The lowest BCUT2D eigenvalue weighted by Gasteiger charge is -2.50. The number of pyridine rings is 1. The van der Waals surface area contributed by atoms with Gasteiger partial charge in [0.05, 0.1) is 6.04 Å². The monoisotopic (exact) mass is 381 g/mol. The third-order valence-electron chi connectivity index (χ3n) is 4.79. The van der Waals surface area contributed by atoms with E-state index in [4.69, 9.17) is 24.4 Å². The number of rotatable bonds is 7. The van der Waals surface area contributed by atoms with E-state index < -0.39 is 0 Å². The first kappa shape index (κ1) is 19.8. The molecule has 0 bridgehead atoms. The largest absolute Gasteiger partial charge is 0.365 e. The topological polar surface area (TPSA) is 85.1 Å². The Balaban J connectivity index is 2.20. The molecule has 6 N–H and O–H groups in total. The van der Waals surface area contributed by atoms with Crippen molar-refractivity contribution in [3.05, 3.63) is 30.1 Å². The van der Waals surface area contributed by atoms with Gasteiger partial charge in [0.15, 0.2) is 10.2 Å². The molecule has 1 saturated carbocycles. The third kappa shape index (κ3) is 4.75. The molecule has 9 heteroatoms. The van der Waals surface area contributed by atoms with E-state index in [9.17, 15) is 0 Å². The second-order valence-electron chi connectivity index (χ2n) is 6.21. The van der Waals surface area contributed by atoms with Gasteiger partial charge in [0.1, 0.15) is 0 Å². The summed E-state index contributed by atoms with van der Waals surface area (Å²) in [6, 6.07) is 4.28. The highest BCUT2D eigenvalue weighted by atomic mass is 32.1. The molecule has 0 saturated heterocycles. The van der Waals surface area contributed by atoms with Crippen LogP contribution in [-0.4, -0.2) is 41.4 Å². The molecule has 7 nitrogen and oxygen atoms in total. The standard InChI is InChI=1S/C16H27N7S2/c1-11(20-22-14(24)17-2)13(21-23-15(25)18-3)16(7-5-8-16)12-6-4-9-19-10-12/h4,6,9-11,13,20-21H,5,7-8H2,1-3H3,(H2,17,22,24)(H2,18,23,25). The fourth-order valence-corrected chi connectivity index (χ4v) is 3.38. The fraction of sp³-hybridized carbons (Fsp3) is 0.562. The van der Waals surface area contributed by atoms with E-state index in [2.05, 4.69) is 50.3 Å². The summed E-state index contributed by atoms with van der Waals surface area (Å²) in [6.07, 6.45) is 7.14. The fourth-order valence-electron chi connectivity index (χ4n) is 3.27. The second-order valence-corrected chi connectivity index (χ2v) is 7.03. The van der Waals surface area contributed by atoms with Gasteiger partial charge in [-0.15, -0.1) is 0 Å². The van der Waals surface area contributed by atoms with Crippen LogP contribution >= 0.6 is 24.4 Å². The second kappa shape index (κ2) is 9.23. The minimum Gasteiger partial charge on any atom is -0.365 e. The zero-order chi connectivity index (χ0) is 18.3. The molecular weight excluding hydrogens is 354 g/mol. The summed E-state index contributed by atoms with van der Waals surface area (Å²) in [5.74, 6) is 0. The molecule has 0 aromatic carbocycles. The quantitative estimate of drug-likeness (QED) is 0.298. The van der Waals surface area contributed by atoms with Gasteiger partial charge in [0.2, 0.25) is 0 Å². The molecule has 1 aromatic heterocycles. The summed E-state index contributed by atoms with van der Waals surface area (Å²) in [5, 5.41) is 6.92. The van der Waals surface area contributed by atoms with Crippen molar-refractivity contribution in [3.8, 4) is 0 Å². The molecule has 2 atom stereocenters. The summed E-state index contributed by atoms with van der Waals surface area (Å²) in [4.78, 5) is 4.32. The first-order valence-electron chi connectivity index (χ1n) is 8.40. The van der Waals surface area contributed by atoms with Crippen LogP contribution in [0.4, 0.5) is 0 Å². The molecule has 1 aliphatic carbocycles. The van der Waals surface area contributed by atoms with Crippen LogP contribution in [0.25, 0.3) is 0 Å². The van der Waals surface area contributed by atoms with Gasteiger partial charge in [-0.05, 0) is 55.8 Å². The Hall–Kier alpha value is -1.55. The molecule has 0 amide bonds. The van der Waals surface area contributed by atoms with Gasteiger partial charge in [-0.25, -0.2) is 10.9 Å². The summed E-state index contributed by atoms with van der Waals surface area (Å²) in [7, 11) is 3.58. The van der Waals surface area contributed by atoms with E-state index in [0.717, 1.165) is 12.8 Å². The van der Waals surface area contributed by atoms with Crippen molar-refractivity contribution < 1.29 is 0 Å². The van der Waals surface area contributed by atoms with Crippen LogP contribution in [0, 0.1) is 0 Å². The van der Waals surface area contributed by atoms with Crippen LogP contribution < -0.4 is 32.3 Å². The highest BCUT2D eigenvalue weighted by molar-refractivity contribution is 7.80. The Morgan fingerprint density at radius 3 is 2.24 bits per heavy atom. The van der Waals surface area contributed by atoms with Gasteiger partial charge in [-0.3, -0.25) is 15.8 Å². The van der Waals surface area contributed by atoms with Gasteiger partial charge < -0.3 is 10.6 Å². The summed E-state index contributed by atoms with van der Waals surface area (Å²) in [6.45, 7) is 2.11. The lowest BCUT2D eigenvalue weighted by Crippen LogP contribution is -2.67. The van der Waals surface area contributed by atoms with Gasteiger partial charge in [-0.2, -0.15) is 0 Å². The number of nitrogens with zero attached hydrogens (tertiary/aromatic N) is 1. The predicted molar refractivity (Wildman–Crippen MR) is 109 cm³/mol. The van der Waals surface area contributed by atoms with E-state index >= 15 is 0 Å². The lowest BCUT2D eigenvalue weighted by molar-refractivity contribution is 0.133. The number of hydrogen-bond donors (Lipinski definition) is 6. The third-order valence-corrected chi connectivity index (χ3v) is 5.40. The molecule has 0 aliphatic heterocycles. The maximum atomic E-state index is 5.22. The minimum absolute atomic E-state index is 0.0139. The van der Waals surface area contributed by atoms with Crippen molar-refractivity contribution in [1.29, 1.82) is 0 Å². The molecule has 1 aromatic rings. The molecule has 0 radical (unpaired) electrons. The van der Waals surface area contributed by atoms with Crippen molar-refractivity contribution in [2.45, 2.75) is 43.7 Å². The van der Waals surface area contributed by atoms with Crippen LogP contribution in [-0.2, 0) is 5.41 Å². The van der Waals surface area contributed by atoms with Crippen LogP contribution in [0.3, 0.4) is 0 Å². The molecular formula is C16H27N7S2. The maximum absolute atomic E-state index is 5.22. The van der Waals surface area contributed by atoms with E-state index in [1.165, 1.54) is 12.0 Å². The summed E-state index contributed by atoms with van der Waals surface area (Å²) < 4.78 is 0. The highest BCUT2D eigenvalue weighted by Crippen LogP contribution is 2.46. The van der Waals surface area contributed by atoms with Crippen molar-refractivity contribution in [1.82, 2.24) is 37.3 Å². The summed E-state index contributed by atoms with van der Waals surface area (Å²) in [5.41, 5.74) is 14.0. The molecule has 1 aliphatic rings. The number of thiocarbonyl (C=S) groups is 2. The normalized spacial score (nSPS) is 17.6. The van der Waals surface area contributed by atoms with Crippen LogP contribution in [0.15, 0.2) is 24.5 Å². The highest BCUT2D eigenvalue weighted by Gasteiger charge is 2.48. The SMILES string of the molecule is CNC(=S)NNC(C)C(NNC(=S)NC)C1(c2cccnc2)CCC1. The maximum Gasteiger partial charge on any atom is 0.180 e. The average molecular weight is 382 g/mol. The molecule has 25 heavy (non-hydrogen) atoms. The van der Waals surface area contributed by atoms with Crippen molar-refractivity contribution in [2.24, 2.45) is 0 Å². The lowest BCUT2D eigenvalue weighted by atomic mass is 9.59. The van der Waals surface area contributed by atoms with E-state index in [0.29, 0.717) is 10.2 Å². The number of nitrogens with one attached hydrogen (secondary N) is 6. The van der Waals surface area contributed by atoms with Crippen molar-refractivity contribution in [3.63, 3.8) is 0 Å². The smallest absolute Gasteiger partial charge is 0.180 e. The molecule has 2 rings (SSSR count). The first-order chi connectivity index (χ1) is 12.0.